The molecule has 0 saturated heterocycles. The molecule has 0 spiro atoms. The highest BCUT2D eigenvalue weighted by atomic mass is 32.1. The average molecular weight is 657 g/mol. The lowest BCUT2D eigenvalue weighted by molar-refractivity contribution is 0.669. The maximum absolute atomic E-state index is 6.26. The number of hydrogen-bond acceptors (Lipinski definition) is 3. The number of aromatic nitrogens is 1. The first-order chi connectivity index (χ1) is 24.8. The topological polar surface area (TPSA) is 21.3 Å². The summed E-state index contributed by atoms with van der Waals surface area (Å²) >= 11 is 1.85. The number of para-hydroxylation sites is 4. The summed E-state index contributed by atoms with van der Waals surface area (Å²) < 4.78 is 11.3. The fraction of sp³-hybridized carbons (Fsp3) is 0. The zero-order chi connectivity index (χ0) is 32.8. The van der Waals surface area contributed by atoms with Crippen molar-refractivity contribution in [2.24, 2.45) is 0 Å². The Hall–Kier alpha value is -6.36. The van der Waals surface area contributed by atoms with E-state index in [9.17, 15) is 0 Å². The summed E-state index contributed by atoms with van der Waals surface area (Å²) in [4.78, 5) is 2.45. The first kappa shape index (κ1) is 27.6. The minimum absolute atomic E-state index is 0.913. The fourth-order valence-corrected chi connectivity index (χ4v) is 9.04. The number of rotatable bonds is 4. The predicted molar refractivity (Wildman–Crippen MR) is 213 cm³/mol. The van der Waals surface area contributed by atoms with E-state index in [-0.39, 0.29) is 0 Å². The van der Waals surface area contributed by atoms with Crippen molar-refractivity contribution in [2.75, 3.05) is 4.90 Å². The van der Waals surface area contributed by atoms with E-state index in [2.05, 4.69) is 167 Å². The number of furan rings is 1. The summed E-state index contributed by atoms with van der Waals surface area (Å²) in [7, 11) is 0. The molecule has 0 unspecified atom stereocenters. The molecule has 3 heterocycles. The first-order valence-electron chi connectivity index (χ1n) is 16.9. The highest BCUT2D eigenvalue weighted by Gasteiger charge is 2.22. The van der Waals surface area contributed by atoms with Crippen molar-refractivity contribution in [3.8, 4) is 5.69 Å². The highest BCUT2D eigenvalue weighted by molar-refractivity contribution is 7.25. The lowest BCUT2D eigenvalue weighted by Gasteiger charge is -2.27. The molecule has 0 aliphatic rings. The Morgan fingerprint density at radius 2 is 1.16 bits per heavy atom. The van der Waals surface area contributed by atoms with E-state index in [1.165, 1.54) is 47.4 Å². The third kappa shape index (κ3) is 4.03. The Morgan fingerprint density at radius 3 is 2.08 bits per heavy atom. The molecule has 50 heavy (non-hydrogen) atoms. The number of hydrogen-bond donors (Lipinski definition) is 0. The molecule has 4 heteroatoms. The molecule has 0 aliphatic carbocycles. The second kappa shape index (κ2) is 10.6. The minimum atomic E-state index is 0.913. The Labute approximate surface area is 291 Å². The maximum Gasteiger partial charge on any atom is 0.136 e. The molecule has 3 aromatic heterocycles. The SMILES string of the molecule is c1ccc(-n2c3ccccc3c3cccc(N(c4ccc5cc6oc7ccccc7c6cc5c4)c4ccc5c(c4)sc4ccccc45)c32)cc1. The number of benzene rings is 8. The van der Waals surface area contributed by atoms with E-state index >= 15 is 0 Å². The molecule has 0 bridgehead atoms. The second-order valence-corrected chi connectivity index (χ2v) is 14.0. The number of anilines is 3. The molecular weight excluding hydrogens is 629 g/mol. The number of nitrogens with zero attached hydrogens (tertiary/aromatic N) is 2. The minimum Gasteiger partial charge on any atom is -0.456 e. The second-order valence-electron chi connectivity index (χ2n) is 13.0. The van der Waals surface area contributed by atoms with Crippen LogP contribution in [-0.4, -0.2) is 4.57 Å². The maximum atomic E-state index is 6.26. The van der Waals surface area contributed by atoms with E-state index in [4.69, 9.17) is 4.42 Å². The highest BCUT2D eigenvalue weighted by Crippen LogP contribution is 2.46. The van der Waals surface area contributed by atoms with Crippen LogP contribution in [0.1, 0.15) is 0 Å². The van der Waals surface area contributed by atoms with Crippen LogP contribution in [0.15, 0.2) is 174 Å². The van der Waals surface area contributed by atoms with Gasteiger partial charge in [-0.15, -0.1) is 11.3 Å². The summed E-state index contributed by atoms with van der Waals surface area (Å²) in [5.41, 5.74) is 8.67. The molecule has 0 fully saturated rings. The monoisotopic (exact) mass is 656 g/mol. The van der Waals surface area contributed by atoms with Crippen molar-refractivity contribution in [1.82, 2.24) is 4.57 Å². The van der Waals surface area contributed by atoms with Crippen molar-refractivity contribution in [3.63, 3.8) is 0 Å². The Balaban J connectivity index is 1.22. The molecule has 0 amide bonds. The molecule has 11 aromatic rings. The molecule has 3 nitrogen and oxygen atoms in total. The Bertz CT molecular complexity index is 3110. The molecular formula is C46H28N2OS. The van der Waals surface area contributed by atoms with Gasteiger partial charge in [-0.2, -0.15) is 0 Å². The molecule has 0 atom stereocenters. The lowest BCUT2D eigenvalue weighted by Crippen LogP contribution is -2.11. The van der Waals surface area contributed by atoms with Crippen LogP contribution < -0.4 is 4.90 Å². The van der Waals surface area contributed by atoms with E-state index in [1.54, 1.807) is 0 Å². The van der Waals surface area contributed by atoms with Gasteiger partial charge in [-0.1, -0.05) is 97.1 Å². The van der Waals surface area contributed by atoms with Crippen LogP contribution in [0.25, 0.3) is 80.4 Å². The first-order valence-corrected chi connectivity index (χ1v) is 17.7. The molecule has 0 saturated carbocycles. The van der Waals surface area contributed by atoms with Crippen molar-refractivity contribution < 1.29 is 4.42 Å². The number of thiophene rings is 1. The summed E-state index contributed by atoms with van der Waals surface area (Å²) in [6.07, 6.45) is 0. The zero-order valence-electron chi connectivity index (χ0n) is 26.9. The van der Waals surface area contributed by atoms with Crippen LogP contribution in [0.3, 0.4) is 0 Å². The van der Waals surface area contributed by atoms with Crippen molar-refractivity contribution in [3.05, 3.63) is 170 Å². The smallest absolute Gasteiger partial charge is 0.136 e. The number of fused-ring (bicyclic) bond motifs is 10. The Kier molecular flexibility index (Phi) is 5.83. The van der Waals surface area contributed by atoms with E-state index < -0.39 is 0 Å². The van der Waals surface area contributed by atoms with Crippen molar-refractivity contribution in [1.29, 1.82) is 0 Å². The normalized spacial score (nSPS) is 12.0. The van der Waals surface area contributed by atoms with Gasteiger partial charge in [-0.25, -0.2) is 0 Å². The van der Waals surface area contributed by atoms with Crippen LogP contribution >= 0.6 is 11.3 Å². The van der Waals surface area contributed by atoms with E-state index in [0.29, 0.717) is 0 Å². The van der Waals surface area contributed by atoms with Gasteiger partial charge in [-0.05, 0) is 83.6 Å². The molecule has 234 valence electrons. The summed E-state index contributed by atoms with van der Waals surface area (Å²) in [6, 6.07) is 61.4. The van der Waals surface area contributed by atoms with Gasteiger partial charge in [0.1, 0.15) is 11.2 Å². The van der Waals surface area contributed by atoms with Crippen molar-refractivity contribution >= 4 is 103 Å². The van der Waals surface area contributed by atoms with Gasteiger partial charge in [0.25, 0.3) is 0 Å². The van der Waals surface area contributed by atoms with E-state index in [1.807, 2.05) is 23.5 Å². The summed E-state index contributed by atoms with van der Waals surface area (Å²) in [5.74, 6) is 0. The van der Waals surface area contributed by atoms with Gasteiger partial charge in [0, 0.05) is 58.8 Å². The van der Waals surface area contributed by atoms with Crippen LogP contribution in [0, 0.1) is 0 Å². The molecule has 8 aromatic carbocycles. The third-order valence-corrected chi connectivity index (χ3v) is 11.3. The summed E-state index contributed by atoms with van der Waals surface area (Å²) in [5, 5.41) is 9.65. The molecule has 0 N–H and O–H groups in total. The third-order valence-electron chi connectivity index (χ3n) is 10.1. The van der Waals surface area contributed by atoms with Crippen LogP contribution in [0.2, 0.25) is 0 Å². The van der Waals surface area contributed by atoms with Gasteiger partial charge in [0.2, 0.25) is 0 Å². The van der Waals surface area contributed by atoms with Crippen molar-refractivity contribution in [2.45, 2.75) is 0 Å². The predicted octanol–water partition coefficient (Wildman–Crippen LogP) is 13.7. The van der Waals surface area contributed by atoms with Gasteiger partial charge in [0.05, 0.1) is 16.7 Å². The fourth-order valence-electron chi connectivity index (χ4n) is 7.90. The lowest BCUT2D eigenvalue weighted by atomic mass is 10.0. The van der Waals surface area contributed by atoms with Gasteiger partial charge < -0.3 is 13.9 Å². The summed E-state index contributed by atoms with van der Waals surface area (Å²) in [6.45, 7) is 0. The molecule has 0 radical (unpaired) electrons. The Morgan fingerprint density at radius 1 is 0.440 bits per heavy atom. The van der Waals surface area contributed by atoms with E-state index in [0.717, 1.165) is 50.1 Å². The average Bonchev–Trinajstić information content (AvgIpc) is 3.84. The van der Waals surface area contributed by atoms with Gasteiger partial charge in [-0.3, -0.25) is 0 Å². The molecule has 0 aliphatic heterocycles. The largest absolute Gasteiger partial charge is 0.456 e. The zero-order valence-corrected chi connectivity index (χ0v) is 27.7. The van der Waals surface area contributed by atoms with Gasteiger partial charge >= 0.3 is 0 Å². The van der Waals surface area contributed by atoms with Gasteiger partial charge in [0.15, 0.2) is 0 Å². The van der Waals surface area contributed by atoms with Crippen LogP contribution in [0.5, 0.6) is 0 Å². The quantitative estimate of drug-likeness (QED) is 0.188. The van der Waals surface area contributed by atoms with Crippen LogP contribution in [0.4, 0.5) is 17.1 Å². The van der Waals surface area contributed by atoms with Crippen LogP contribution in [-0.2, 0) is 0 Å². The molecule has 11 rings (SSSR count). The standard InChI is InChI=1S/C46H28N2OS/c1-2-11-31(12-3-1)48-40-17-7-4-13-34(40)38-16-10-18-41(46(38)48)47(33-23-24-37-36-15-6-9-20-44(36)50-45(37)28-33)32-22-21-29-27-43-39(26-30(29)25-32)35-14-5-8-19-42(35)49-43/h1-28H.